The third kappa shape index (κ3) is 6.14. The van der Waals surface area contributed by atoms with E-state index >= 15 is 0 Å². The van der Waals surface area contributed by atoms with E-state index in [0.717, 1.165) is 24.2 Å². The number of anilines is 1. The van der Waals surface area contributed by atoms with E-state index in [1.165, 1.54) is 0 Å². The van der Waals surface area contributed by atoms with Crippen molar-refractivity contribution in [2.24, 2.45) is 5.73 Å². The first-order chi connectivity index (χ1) is 9.52. The van der Waals surface area contributed by atoms with Crippen molar-refractivity contribution in [3.8, 4) is 0 Å². The van der Waals surface area contributed by atoms with E-state index in [2.05, 4.69) is 5.32 Å². The number of rotatable bonds is 8. The Morgan fingerprint density at radius 2 is 2.15 bits per heavy atom. The summed E-state index contributed by atoms with van der Waals surface area (Å²) in [5.41, 5.74) is 7.36. The van der Waals surface area contributed by atoms with Gasteiger partial charge in [-0.25, -0.2) is 0 Å². The smallest absolute Gasteiger partial charge is 0.224 e. The van der Waals surface area contributed by atoms with Crippen molar-refractivity contribution in [3.05, 3.63) is 29.8 Å². The van der Waals surface area contributed by atoms with Crippen molar-refractivity contribution in [1.29, 1.82) is 0 Å². The number of carbonyl (C=O) groups excluding carboxylic acids is 1. The molecule has 4 N–H and O–H groups in total. The van der Waals surface area contributed by atoms with Gasteiger partial charge in [0, 0.05) is 25.2 Å². The minimum atomic E-state index is -0.342. The Kier molecular flexibility index (Phi) is 7.22. The molecular formula is C15H25N3O2. The maximum atomic E-state index is 11.9. The molecule has 0 saturated carbocycles. The monoisotopic (exact) mass is 279 g/mol. The third-order valence-corrected chi connectivity index (χ3v) is 3.03. The molecular weight excluding hydrogens is 254 g/mol. The van der Waals surface area contributed by atoms with E-state index in [1.807, 2.05) is 36.2 Å². The van der Waals surface area contributed by atoms with E-state index in [9.17, 15) is 9.90 Å². The highest BCUT2D eigenvalue weighted by atomic mass is 16.3. The molecule has 0 aromatic heterocycles. The second-order valence-corrected chi connectivity index (χ2v) is 5.12. The zero-order chi connectivity index (χ0) is 15.0. The Bertz CT molecular complexity index is 421. The van der Waals surface area contributed by atoms with Gasteiger partial charge in [-0.1, -0.05) is 18.2 Å². The van der Waals surface area contributed by atoms with Gasteiger partial charge < -0.3 is 21.1 Å². The molecule has 1 unspecified atom stereocenters. The molecule has 0 fully saturated rings. The topological polar surface area (TPSA) is 78.6 Å². The number of aliphatic hydroxyl groups excluding tert-OH is 1. The Hall–Kier alpha value is -1.43. The zero-order valence-corrected chi connectivity index (χ0v) is 12.3. The van der Waals surface area contributed by atoms with Gasteiger partial charge in [-0.2, -0.15) is 0 Å². The fourth-order valence-corrected chi connectivity index (χ4v) is 2.08. The number of hydrogen-bond donors (Lipinski definition) is 3. The summed E-state index contributed by atoms with van der Waals surface area (Å²) in [6.45, 7) is 3.58. The molecule has 112 valence electrons. The molecule has 0 radical (unpaired) electrons. The highest BCUT2D eigenvalue weighted by Gasteiger charge is 2.07. The number of aliphatic hydroxyl groups is 1. The molecule has 0 heterocycles. The lowest BCUT2D eigenvalue weighted by molar-refractivity contribution is -0.116. The van der Waals surface area contributed by atoms with Gasteiger partial charge in [0.1, 0.15) is 0 Å². The summed E-state index contributed by atoms with van der Waals surface area (Å²) in [6.07, 6.45) is 0.883. The van der Waals surface area contributed by atoms with Crippen LogP contribution in [0.2, 0.25) is 0 Å². The lowest BCUT2D eigenvalue weighted by atomic mass is 10.1. The summed E-state index contributed by atoms with van der Waals surface area (Å²) in [4.78, 5) is 13.9. The molecule has 1 aromatic rings. The average Bonchev–Trinajstić information content (AvgIpc) is 2.38. The van der Waals surface area contributed by atoms with Gasteiger partial charge in [0.05, 0.1) is 6.10 Å². The van der Waals surface area contributed by atoms with Crippen LogP contribution in [0.5, 0.6) is 0 Å². The SMILES string of the molecule is CC(O)CN(C)CCCC(=O)Nc1ccccc1CN. The van der Waals surface area contributed by atoms with Crippen molar-refractivity contribution in [2.45, 2.75) is 32.4 Å². The first-order valence-electron chi connectivity index (χ1n) is 6.97. The van der Waals surface area contributed by atoms with Crippen LogP contribution >= 0.6 is 0 Å². The van der Waals surface area contributed by atoms with Gasteiger partial charge in [0.25, 0.3) is 0 Å². The lowest BCUT2D eigenvalue weighted by Gasteiger charge is -2.18. The molecule has 1 atom stereocenters. The Morgan fingerprint density at radius 1 is 1.45 bits per heavy atom. The van der Waals surface area contributed by atoms with Crippen LogP contribution in [0.15, 0.2) is 24.3 Å². The number of benzene rings is 1. The normalized spacial score (nSPS) is 12.4. The van der Waals surface area contributed by atoms with Crippen molar-refractivity contribution in [3.63, 3.8) is 0 Å². The zero-order valence-electron chi connectivity index (χ0n) is 12.3. The predicted octanol–water partition coefficient (Wildman–Crippen LogP) is 1.18. The molecule has 5 nitrogen and oxygen atoms in total. The molecule has 20 heavy (non-hydrogen) atoms. The lowest BCUT2D eigenvalue weighted by Crippen LogP contribution is -2.28. The van der Waals surface area contributed by atoms with Gasteiger partial charge in [0.15, 0.2) is 0 Å². The number of carbonyl (C=O) groups is 1. The van der Waals surface area contributed by atoms with Crippen LogP contribution in [-0.4, -0.2) is 42.2 Å². The number of likely N-dealkylation sites (N-methyl/N-ethyl adjacent to an activating group) is 1. The first-order valence-corrected chi connectivity index (χ1v) is 6.97. The van der Waals surface area contributed by atoms with E-state index in [4.69, 9.17) is 5.73 Å². The van der Waals surface area contributed by atoms with Crippen LogP contribution in [-0.2, 0) is 11.3 Å². The van der Waals surface area contributed by atoms with Crippen LogP contribution in [0, 0.1) is 0 Å². The van der Waals surface area contributed by atoms with Gasteiger partial charge in [-0.3, -0.25) is 4.79 Å². The largest absolute Gasteiger partial charge is 0.392 e. The minimum Gasteiger partial charge on any atom is -0.392 e. The van der Waals surface area contributed by atoms with Crippen LogP contribution in [0.25, 0.3) is 0 Å². The number of nitrogens with one attached hydrogen (secondary N) is 1. The molecule has 0 bridgehead atoms. The molecule has 5 heteroatoms. The first kappa shape index (κ1) is 16.6. The van der Waals surface area contributed by atoms with Gasteiger partial charge in [0.2, 0.25) is 5.91 Å². The summed E-state index contributed by atoms with van der Waals surface area (Å²) in [7, 11) is 1.94. The fourth-order valence-electron chi connectivity index (χ4n) is 2.08. The molecule has 0 aliphatic heterocycles. The number of amides is 1. The molecule has 0 saturated heterocycles. The number of hydrogen-bond acceptors (Lipinski definition) is 4. The van der Waals surface area contributed by atoms with Crippen molar-refractivity contribution < 1.29 is 9.90 Å². The van der Waals surface area contributed by atoms with E-state index in [-0.39, 0.29) is 12.0 Å². The number of nitrogens with two attached hydrogens (primary N) is 1. The van der Waals surface area contributed by atoms with Crippen LogP contribution < -0.4 is 11.1 Å². The highest BCUT2D eigenvalue weighted by molar-refractivity contribution is 5.91. The number of nitrogens with zero attached hydrogens (tertiary/aromatic N) is 1. The maximum Gasteiger partial charge on any atom is 0.224 e. The number of para-hydroxylation sites is 1. The minimum absolute atomic E-state index is 0.00338. The molecule has 0 spiro atoms. The molecule has 1 amide bonds. The predicted molar refractivity (Wildman–Crippen MR) is 81.4 cm³/mol. The quantitative estimate of drug-likeness (QED) is 0.667. The van der Waals surface area contributed by atoms with Gasteiger partial charge in [-0.05, 0) is 38.6 Å². The summed E-state index contributed by atoms with van der Waals surface area (Å²) >= 11 is 0. The Balaban J connectivity index is 2.33. The molecule has 1 rings (SSSR count). The van der Waals surface area contributed by atoms with Gasteiger partial charge >= 0.3 is 0 Å². The van der Waals surface area contributed by atoms with Crippen molar-refractivity contribution in [1.82, 2.24) is 4.90 Å². The van der Waals surface area contributed by atoms with E-state index in [0.29, 0.717) is 19.5 Å². The standard InChI is InChI=1S/C15H25N3O2/c1-12(19)11-18(2)9-5-8-15(20)17-14-7-4-3-6-13(14)10-16/h3-4,6-7,12,19H,5,8-11,16H2,1-2H3,(H,17,20). The van der Waals surface area contributed by atoms with Gasteiger partial charge in [-0.15, -0.1) is 0 Å². The molecule has 0 aliphatic rings. The second-order valence-electron chi connectivity index (χ2n) is 5.12. The van der Waals surface area contributed by atoms with Crippen LogP contribution in [0.4, 0.5) is 5.69 Å². The summed E-state index contributed by atoms with van der Waals surface area (Å²) in [6, 6.07) is 7.56. The Labute approximate surface area is 120 Å². The molecule has 1 aromatic carbocycles. The third-order valence-electron chi connectivity index (χ3n) is 3.03. The summed E-state index contributed by atoms with van der Waals surface area (Å²) < 4.78 is 0. The van der Waals surface area contributed by atoms with Crippen molar-refractivity contribution in [2.75, 3.05) is 25.5 Å². The van der Waals surface area contributed by atoms with E-state index < -0.39 is 0 Å². The molecule has 0 aliphatic carbocycles. The average molecular weight is 279 g/mol. The summed E-state index contributed by atoms with van der Waals surface area (Å²) in [5.74, 6) is -0.00338. The van der Waals surface area contributed by atoms with Crippen LogP contribution in [0.1, 0.15) is 25.3 Å². The van der Waals surface area contributed by atoms with Crippen molar-refractivity contribution >= 4 is 11.6 Å². The fraction of sp³-hybridized carbons (Fsp3) is 0.533. The van der Waals surface area contributed by atoms with Crippen LogP contribution in [0.3, 0.4) is 0 Å². The highest BCUT2D eigenvalue weighted by Crippen LogP contribution is 2.14. The van der Waals surface area contributed by atoms with E-state index in [1.54, 1.807) is 6.92 Å². The maximum absolute atomic E-state index is 11.9. The second kappa shape index (κ2) is 8.68. The summed E-state index contributed by atoms with van der Waals surface area (Å²) in [5, 5.41) is 12.1. The Morgan fingerprint density at radius 3 is 2.80 bits per heavy atom.